The Balaban J connectivity index is 0.00000280. The van der Waals surface area contributed by atoms with Crippen molar-refractivity contribution in [3.8, 4) is 11.5 Å². The van der Waals surface area contributed by atoms with E-state index < -0.39 is 0 Å². The second-order valence-corrected chi connectivity index (χ2v) is 6.88. The van der Waals surface area contributed by atoms with Gasteiger partial charge in [-0.25, -0.2) is 4.99 Å². The zero-order valence-corrected chi connectivity index (χ0v) is 19.2. The first-order chi connectivity index (χ1) is 13.2. The SMILES string of the molecule is CCNC(=NCc1cccc(OC)c1)NCC1(c2ccccc2OC)CC1.I. The van der Waals surface area contributed by atoms with E-state index in [1.807, 2.05) is 30.3 Å². The van der Waals surface area contributed by atoms with Crippen LogP contribution in [0.2, 0.25) is 0 Å². The second kappa shape index (κ2) is 10.5. The molecule has 2 aromatic carbocycles. The fraction of sp³-hybridized carbons (Fsp3) is 0.409. The molecule has 0 aromatic heterocycles. The van der Waals surface area contributed by atoms with Crippen LogP contribution in [0.5, 0.6) is 11.5 Å². The van der Waals surface area contributed by atoms with Crippen molar-refractivity contribution >= 4 is 29.9 Å². The van der Waals surface area contributed by atoms with Gasteiger partial charge in [-0.05, 0) is 43.5 Å². The van der Waals surface area contributed by atoms with Gasteiger partial charge < -0.3 is 20.1 Å². The summed E-state index contributed by atoms with van der Waals surface area (Å²) in [5.74, 6) is 2.66. The average molecular weight is 495 g/mol. The van der Waals surface area contributed by atoms with Crippen LogP contribution in [0, 0.1) is 0 Å². The standard InChI is InChI=1S/C22H29N3O2.HI/c1-4-23-21(24-15-17-8-7-9-18(14-17)26-2)25-16-22(12-13-22)19-10-5-6-11-20(19)27-3;/h5-11,14H,4,12-13,15-16H2,1-3H3,(H2,23,24,25);1H. The zero-order chi connectivity index (χ0) is 19.1. The van der Waals surface area contributed by atoms with Crippen LogP contribution in [-0.4, -0.2) is 33.3 Å². The first-order valence-corrected chi connectivity index (χ1v) is 9.49. The highest BCUT2D eigenvalue weighted by molar-refractivity contribution is 14.0. The molecular weight excluding hydrogens is 465 g/mol. The monoisotopic (exact) mass is 495 g/mol. The fourth-order valence-corrected chi connectivity index (χ4v) is 3.31. The number of nitrogens with zero attached hydrogens (tertiary/aromatic N) is 1. The minimum Gasteiger partial charge on any atom is -0.497 e. The molecule has 0 radical (unpaired) electrons. The van der Waals surface area contributed by atoms with Crippen LogP contribution in [0.1, 0.15) is 30.9 Å². The third-order valence-corrected chi connectivity index (χ3v) is 5.02. The van der Waals surface area contributed by atoms with Gasteiger partial charge in [-0.3, -0.25) is 0 Å². The smallest absolute Gasteiger partial charge is 0.191 e. The minimum absolute atomic E-state index is 0. The molecule has 0 saturated heterocycles. The molecule has 1 aliphatic carbocycles. The summed E-state index contributed by atoms with van der Waals surface area (Å²) in [5.41, 5.74) is 2.54. The summed E-state index contributed by atoms with van der Waals surface area (Å²) in [6.45, 7) is 4.35. The van der Waals surface area contributed by atoms with Crippen LogP contribution in [0.15, 0.2) is 53.5 Å². The molecule has 0 unspecified atom stereocenters. The molecule has 1 saturated carbocycles. The molecule has 5 nitrogen and oxygen atoms in total. The number of ether oxygens (including phenoxy) is 2. The Morgan fingerprint density at radius 2 is 1.82 bits per heavy atom. The molecule has 3 rings (SSSR count). The number of methoxy groups -OCH3 is 2. The molecule has 0 heterocycles. The lowest BCUT2D eigenvalue weighted by atomic mass is 9.95. The molecule has 0 spiro atoms. The molecule has 1 aliphatic rings. The number of hydrogen-bond acceptors (Lipinski definition) is 3. The Bertz CT molecular complexity index is 791. The van der Waals surface area contributed by atoms with Crippen molar-refractivity contribution in [3.63, 3.8) is 0 Å². The normalized spacial score (nSPS) is 14.6. The minimum atomic E-state index is 0. The van der Waals surface area contributed by atoms with E-state index in [4.69, 9.17) is 14.5 Å². The highest BCUT2D eigenvalue weighted by Gasteiger charge is 2.46. The van der Waals surface area contributed by atoms with Gasteiger partial charge in [0.15, 0.2) is 5.96 Å². The lowest BCUT2D eigenvalue weighted by Gasteiger charge is -2.21. The van der Waals surface area contributed by atoms with Gasteiger partial charge in [-0.2, -0.15) is 0 Å². The predicted molar refractivity (Wildman–Crippen MR) is 125 cm³/mol. The molecule has 2 aromatic rings. The average Bonchev–Trinajstić information content (AvgIpc) is 3.51. The van der Waals surface area contributed by atoms with E-state index in [9.17, 15) is 0 Å². The van der Waals surface area contributed by atoms with Crippen LogP contribution in [0.4, 0.5) is 0 Å². The topological polar surface area (TPSA) is 54.9 Å². The van der Waals surface area contributed by atoms with Gasteiger partial charge in [-0.15, -0.1) is 24.0 Å². The number of aliphatic imine (C=N–C) groups is 1. The number of nitrogens with one attached hydrogen (secondary N) is 2. The third kappa shape index (κ3) is 5.53. The van der Waals surface area contributed by atoms with Gasteiger partial charge in [0.05, 0.1) is 20.8 Å². The molecule has 0 atom stereocenters. The van der Waals surface area contributed by atoms with Crippen molar-refractivity contribution in [2.24, 2.45) is 4.99 Å². The molecule has 1 fully saturated rings. The lowest BCUT2D eigenvalue weighted by Crippen LogP contribution is -2.41. The van der Waals surface area contributed by atoms with Crippen LogP contribution in [0.3, 0.4) is 0 Å². The number of para-hydroxylation sites is 1. The number of halogens is 1. The largest absolute Gasteiger partial charge is 0.497 e. The Morgan fingerprint density at radius 3 is 2.50 bits per heavy atom. The number of rotatable bonds is 8. The predicted octanol–water partition coefficient (Wildman–Crippen LogP) is 4.11. The summed E-state index contributed by atoms with van der Waals surface area (Å²) in [6.07, 6.45) is 2.32. The van der Waals surface area contributed by atoms with Crippen LogP contribution in [0.25, 0.3) is 0 Å². The van der Waals surface area contributed by atoms with Gasteiger partial charge in [0, 0.05) is 24.1 Å². The van der Waals surface area contributed by atoms with Crippen LogP contribution >= 0.6 is 24.0 Å². The van der Waals surface area contributed by atoms with Gasteiger partial charge in [0.25, 0.3) is 0 Å². The van der Waals surface area contributed by atoms with E-state index in [0.717, 1.165) is 49.0 Å². The maximum Gasteiger partial charge on any atom is 0.191 e. The highest BCUT2D eigenvalue weighted by atomic mass is 127. The maximum atomic E-state index is 5.57. The molecule has 6 heteroatoms. The van der Waals surface area contributed by atoms with Crippen LogP contribution in [-0.2, 0) is 12.0 Å². The van der Waals surface area contributed by atoms with Gasteiger partial charge in [-0.1, -0.05) is 30.3 Å². The molecular formula is C22H30IN3O2. The van der Waals surface area contributed by atoms with E-state index in [-0.39, 0.29) is 29.4 Å². The van der Waals surface area contributed by atoms with E-state index in [1.54, 1.807) is 14.2 Å². The summed E-state index contributed by atoms with van der Waals surface area (Å²) < 4.78 is 10.9. The molecule has 2 N–H and O–H groups in total. The number of guanidine groups is 1. The fourth-order valence-electron chi connectivity index (χ4n) is 3.31. The molecule has 152 valence electrons. The third-order valence-electron chi connectivity index (χ3n) is 5.02. The van der Waals surface area contributed by atoms with E-state index >= 15 is 0 Å². The van der Waals surface area contributed by atoms with Gasteiger partial charge >= 0.3 is 0 Å². The Morgan fingerprint density at radius 1 is 1.04 bits per heavy atom. The first kappa shape index (κ1) is 22.3. The maximum absolute atomic E-state index is 5.57. The number of benzene rings is 2. The molecule has 28 heavy (non-hydrogen) atoms. The van der Waals surface area contributed by atoms with Gasteiger partial charge in [0.1, 0.15) is 11.5 Å². The second-order valence-electron chi connectivity index (χ2n) is 6.88. The van der Waals surface area contributed by atoms with E-state index in [2.05, 4.69) is 35.8 Å². The number of hydrogen-bond donors (Lipinski definition) is 2. The van der Waals surface area contributed by atoms with E-state index in [1.165, 1.54) is 5.56 Å². The van der Waals surface area contributed by atoms with Crippen LogP contribution < -0.4 is 20.1 Å². The molecule has 0 aliphatic heterocycles. The summed E-state index contributed by atoms with van der Waals surface area (Å²) in [6, 6.07) is 16.3. The van der Waals surface area contributed by atoms with Crippen molar-refractivity contribution in [2.45, 2.75) is 31.7 Å². The van der Waals surface area contributed by atoms with Crippen molar-refractivity contribution < 1.29 is 9.47 Å². The summed E-state index contributed by atoms with van der Waals surface area (Å²) in [4.78, 5) is 4.73. The zero-order valence-electron chi connectivity index (χ0n) is 16.8. The van der Waals surface area contributed by atoms with Crippen molar-refractivity contribution in [3.05, 3.63) is 59.7 Å². The summed E-state index contributed by atoms with van der Waals surface area (Å²) in [5, 5.41) is 6.86. The summed E-state index contributed by atoms with van der Waals surface area (Å²) >= 11 is 0. The van der Waals surface area contributed by atoms with Crippen molar-refractivity contribution in [2.75, 3.05) is 27.3 Å². The van der Waals surface area contributed by atoms with Crippen molar-refractivity contribution in [1.82, 2.24) is 10.6 Å². The summed E-state index contributed by atoms with van der Waals surface area (Å²) in [7, 11) is 3.42. The first-order valence-electron chi connectivity index (χ1n) is 9.49. The Kier molecular flexibility index (Phi) is 8.41. The van der Waals surface area contributed by atoms with E-state index in [0.29, 0.717) is 6.54 Å². The Hall–Kier alpha value is -1.96. The Labute approximate surface area is 184 Å². The molecule has 0 bridgehead atoms. The highest BCUT2D eigenvalue weighted by Crippen LogP contribution is 2.50. The van der Waals surface area contributed by atoms with Crippen molar-refractivity contribution in [1.29, 1.82) is 0 Å². The lowest BCUT2D eigenvalue weighted by molar-refractivity contribution is 0.403. The van der Waals surface area contributed by atoms with Gasteiger partial charge in [0.2, 0.25) is 0 Å². The molecule has 0 amide bonds. The quantitative estimate of drug-likeness (QED) is 0.329.